The van der Waals surface area contributed by atoms with E-state index < -0.39 is 6.03 Å². The molecule has 0 saturated heterocycles. The molecule has 1 aliphatic rings. The predicted octanol–water partition coefficient (Wildman–Crippen LogP) is -0.358. The van der Waals surface area contributed by atoms with E-state index in [0.29, 0.717) is 16.4 Å². The zero-order valence-electron chi connectivity index (χ0n) is 5.61. The number of nitrogen functional groups attached to an aromatic ring is 1. The van der Waals surface area contributed by atoms with Crippen LogP contribution in [0.15, 0.2) is 28.2 Å². The van der Waals surface area contributed by atoms with Crippen molar-refractivity contribution in [3.63, 3.8) is 0 Å². The quantitative estimate of drug-likeness (QED) is 0.509. The molecule has 1 aliphatic heterocycles. The van der Waals surface area contributed by atoms with Crippen LogP contribution in [-0.4, -0.2) is 6.03 Å². The molecule has 1 aromatic rings. The van der Waals surface area contributed by atoms with E-state index >= 15 is 0 Å². The van der Waals surface area contributed by atoms with E-state index in [2.05, 4.69) is 9.98 Å². The van der Waals surface area contributed by atoms with Gasteiger partial charge in [-0.1, -0.05) is 0 Å². The lowest BCUT2D eigenvalue weighted by atomic mass is 10.3. The van der Waals surface area contributed by atoms with Crippen LogP contribution in [0.3, 0.4) is 0 Å². The maximum absolute atomic E-state index is 10.6. The van der Waals surface area contributed by atoms with Crippen LogP contribution in [0.5, 0.6) is 0 Å². The second-order valence-corrected chi connectivity index (χ2v) is 2.25. The highest BCUT2D eigenvalue weighted by atomic mass is 16.2. The summed E-state index contributed by atoms with van der Waals surface area (Å²) in [5.74, 6) is 0. The molecule has 0 fully saturated rings. The minimum absolute atomic E-state index is 0.453. The van der Waals surface area contributed by atoms with Crippen LogP contribution in [0, 0.1) is 0 Å². The number of anilines is 1. The molecule has 2 rings (SSSR count). The third-order valence-electron chi connectivity index (χ3n) is 1.43. The number of carbonyl (C=O) groups excluding carboxylic acids is 1. The maximum Gasteiger partial charge on any atom is 0.368 e. The van der Waals surface area contributed by atoms with Gasteiger partial charge in [-0.2, -0.15) is 9.98 Å². The molecule has 0 atom stereocenters. The van der Waals surface area contributed by atoms with Gasteiger partial charge in [-0.05, 0) is 18.2 Å². The van der Waals surface area contributed by atoms with E-state index in [1.807, 2.05) is 0 Å². The maximum atomic E-state index is 10.6. The van der Waals surface area contributed by atoms with Gasteiger partial charge in [0.25, 0.3) is 0 Å². The van der Waals surface area contributed by atoms with Crippen molar-refractivity contribution < 1.29 is 4.79 Å². The first-order valence-corrected chi connectivity index (χ1v) is 3.13. The van der Waals surface area contributed by atoms with Gasteiger partial charge >= 0.3 is 6.03 Å². The Kier molecular flexibility index (Phi) is 1.03. The number of fused-ring (bicyclic) bond motifs is 1. The molecule has 4 heteroatoms. The number of benzene rings is 1. The number of amides is 2. The van der Waals surface area contributed by atoms with Crippen molar-refractivity contribution in [2.75, 3.05) is 5.73 Å². The molecule has 2 N–H and O–H groups in total. The van der Waals surface area contributed by atoms with Crippen molar-refractivity contribution in [3.8, 4) is 0 Å². The first-order chi connectivity index (χ1) is 5.25. The summed E-state index contributed by atoms with van der Waals surface area (Å²) in [6, 6.07) is 4.55. The molecular formula is C7H5N3O. The number of nitrogens with zero attached hydrogens (tertiary/aromatic N) is 2. The van der Waals surface area contributed by atoms with E-state index in [4.69, 9.17) is 5.73 Å². The lowest BCUT2D eigenvalue weighted by Crippen LogP contribution is -2.21. The van der Waals surface area contributed by atoms with Crippen LogP contribution in [0.25, 0.3) is 0 Å². The van der Waals surface area contributed by atoms with Gasteiger partial charge in [-0.25, -0.2) is 4.79 Å². The standard InChI is InChI=1S/C7H5N3O/c8-4-1-2-5-6(3-4)10-7(11)9-5/h1-3H,8H2. The summed E-state index contributed by atoms with van der Waals surface area (Å²) in [5, 5.41) is 1.17. The van der Waals surface area contributed by atoms with Crippen LogP contribution < -0.4 is 16.4 Å². The zero-order chi connectivity index (χ0) is 7.84. The lowest BCUT2D eigenvalue weighted by molar-refractivity contribution is 0.256. The van der Waals surface area contributed by atoms with E-state index in [-0.39, 0.29) is 0 Å². The van der Waals surface area contributed by atoms with Crippen molar-refractivity contribution in [1.29, 1.82) is 0 Å². The smallest absolute Gasteiger partial charge is 0.368 e. The Morgan fingerprint density at radius 3 is 2.73 bits per heavy atom. The summed E-state index contributed by atoms with van der Waals surface area (Å²) >= 11 is 0. The summed E-state index contributed by atoms with van der Waals surface area (Å²) in [6.07, 6.45) is 0. The van der Waals surface area contributed by atoms with Crippen LogP contribution in [0.1, 0.15) is 0 Å². The van der Waals surface area contributed by atoms with Crippen molar-refractivity contribution in [3.05, 3.63) is 28.9 Å². The van der Waals surface area contributed by atoms with Crippen LogP contribution >= 0.6 is 0 Å². The summed E-state index contributed by atoms with van der Waals surface area (Å²) < 4.78 is 0. The van der Waals surface area contributed by atoms with E-state index in [1.54, 1.807) is 18.2 Å². The molecule has 4 nitrogen and oxygen atoms in total. The monoisotopic (exact) mass is 147 g/mol. The molecule has 1 aromatic carbocycles. The number of hydrogen-bond donors (Lipinski definition) is 1. The minimum Gasteiger partial charge on any atom is -0.399 e. The van der Waals surface area contributed by atoms with Gasteiger partial charge in [-0.15, -0.1) is 0 Å². The summed E-state index contributed by atoms with van der Waals surface area (Å²) in [5.41, 5.74) is 6.06. The second-order valence-electron chi connectivity index (χ2n) is 2.25. The molecule has 11 heavy (non-hydrogen) atoms. The van der Waals surface area contributed by atoms with Crippen molar-refractivity contribution in [2.24, 2.45) is 9.98 Å². The molecule has 54 valence electrons. The number of rotatable bonds is 0. The fourth-order valence-electron chi connectivity index (χ4n) is 0.956. The van der Waals surface area contributed by atoms with E-state index in [9.17, 15) is 4.79 Å². The molecule has 0 saturated carbocycles. The summed E-state index contributed by atoms with van der Waals surface area (Å²) in [7, 11) is 0. The Bertz CT molecular complexity index is 435. The first kappa shape index (κ1) is 6.03. The Balaban J connectivity index is 2.89. The Morgan fingerprint density at radius 1 is 1.18 bits per heavy atom. The molecular weight excluding hydrogens is 142 g/mol. The normalized spacial score (nSPS) is 13.6. The highest BCUT2D eigenvalue weighted by Gasteiger charge is 2.03. The summed E-state index contributed by atoms with van der Waals surface area (Å²) in [6.45, 7) is 0. The largest absolute Gasteiger partial charge is 0.399 e. The van der Waals surface area contributed by atoms with Crippen molar-refractivity contribution in [2.45, 2.75) is 0 Å². The highest BCUT2D eigenvalue weighted by molar-refractivity contribution is 5.77. The van der Waals surface area contributed by atoms with Crippen LogP contribution in [0.4, 0.5) is 10.5 Å². The topological polar surface area (TPSA) is 67.8 Å². The number of carbonyl (C=O) groups is 1. The molecule has 0 aliphatic carbocycles. The average Bonchev–Trinajstić information content (AvgIpc) is 2.27. The number of urea groups is 1. The minimum atomic E-state index is -0.453. The average molecular weight is 147 g/mol. The Hall–Kier alpha value is -1.71. The third-order valence-corrected chi connectivity index (χ3v) is 1.43. The van der Waals surface area contributed by atoms with Crippen molar-refractivity contribution >= 4 is 11.7 Å². The zero-order valence-corrected chi connectivity index (χ0v) is 5.61. The molecule has 0 bridgehead atoms. The van der Waals surface area contributed by atoms with Gasteiger partial charge in [-0.3, -0.25) is 0 Å². The van der Waals surface area contributed by atoms with E-state index in [1.165, 1.54) is 0 Å². The molecule has 2 amide bonds. The second kappa shape index (κ2) is 1.88. The fourth-order valence-corrected chi connectivity index (χ4v) is 0.956. The van der Waals surface area contributed by atoms with Gasteiger partial charge < -0.3 is 5.73 Å². The number of hydrogen-bond acceptors (Lipinski definition) is 2. The summed E-state index contributed by atoms with van der Waals surface area (Å²) in [4.78, 5) is 17.9. The molecule has 0 radical (unpaired) electrons. The predicted molar refractivity (Wildman–Crippen MR) is 38.6 cm³/mol. The lowest BCUT2D eigenvalue weighted by Gasteiger charge is -1.85. The van der Waals surface area contributed by atoms with E-state index in [0.717, 1.165) is 0 Å². The third kappa shape index (κ3) is 0.881. The molecule has 1 heterocycles. The fraction of sp³-hybridized carbons (Fsp3) is 0. The Labute approximate surface area is 62.1 Å². The van der Waals surface area contributed by atoms with Gasteiger partial charge in [0, 0.05) is 5.69 Å². The van der Waals surface area contributed by atoms with Gasteiger partial charge in [0.2, 0.25) is 0 Å². The van der Waals surface area contributed by atoms with Crippen LogP contribution in [-0.2, 0) is 0 Å². The van der Waals surface area contributed by atoms with Crippen LogP contribution in [0.2, 0.25) is 0 Å². The van der Waals surface area contributed by atoms with Gasteiger partial charge in [0.15, 0.2) is 0 Å². The SMILES string of the molecule is Nc1ccc2c(c1)=NC(=O)N=2. The number of nitrogens with two attached hydrogens (primary N) is 1. The highest BCUT2D eigenvalue weighted by Crippen LogP contribution is 1.92. The van der Waals surface area contributed by atoms with Crippen molar-refractivity contribution in [1.82, 2.24) is 0 Å². The Morgan fingerprint density at radius 2 is 1.91 bits per heavy atom. The first-order valence-electron chi connectivity index (χ1n) is 3.13. The van der Waals surface area contributed by atoms with Gasteiger partial charge in [0.05, 0.1) is 10.7 Å². The van der Waals surface area contributed by atoms with Gasteiger partial charge in [0.1, 0.15) is 0 Å². The molecule has 0 aromatic heterocycles. The molecule has 0 spiro atoms. The molecule has 0 unspecified atom stereocenters.